The Hall–Kier alpha value is -1.89. The van der Waals surface area contributed by atoms with Crippen molar-refractivity contribution in [2.24, 2.45) is 17.8 Å². The molecule has 3 N–H and O–H groups in total. The van der Waals surface area contributed by atoms with Crippen molar-refractivity contribution in [3.63, 3.8) is 0 Å². The van der Waals surface area contributed by atoms with Crippen molar-refractivity contribution < 1.29 is 34.2 Å². The quantitative estimate of drug-likeness (QED) is 0.0362. The van der Waals surface area contributed by atoms with E-state index < -0.39 is 35.7 Å². The number of quaternary nitrogens is 1. The Morgan fingerprint density at radius 2 is 0.739 bits per heavy atom. The van der Waals surface area contributed by atoms with Crippen LogP contribution in [0.25, 0.3) is 0 Å². The van der Waals surface area contributed by atoms with Crippen molar-refractivity contribution in [3.05, 3.63) is 12.2 Å². The van der Waals surface area contributed by atoms with Gasteiger partial charge in [0.2, 0.25) is 0 Å². The van der Waals surface area contributed by atoms with E-state index >= 15 is 0 Å². The van der Waals surface area contributed by atoms with E-state index in [4.69, 9.17) is 0 Å². The van der Waals surface area contributed by atoms with Gasteiger partial charge in [0, 0.05) is 19.3 Å². The Morgan fingerprint density at radius 1 is 0.457 bits per heavy atom. The van der Waals surface area contributed by atoms with E-state index in [-0.39, 0.29) is 0 Å². The van der Waals surface area contributed by atoms with Crippen LogP contribution < -0.4 is 0 Å². The van der Waals surface area contributed by atoms with Gasteiger partial charge in [-0.1, -0.05) is 130 Å². The van der Waals surface area contributed by atoms with Crippen molar-refractivity contribution in [1.29, 1.82) is 0 Å². The van der Waals surface area contributed by atoms with Crippen LogP contribution in [0.4, 0.5) is 0 Å². The highest BCUT2D eigenvalue weighted by Crippen LogP contribution is 2.22. The van der Waals surface area contributed by atoms with Gasteiger partial charge in [0.15, 0.2) is 0 Å². The Labute approximate surface area is 283 Å². The third-order valence-corrected chi connectivity index (χ3v) is 10.0. The lowest BCUT2D eigenvalue weighted by Crippen LogP contribution is -2.52. The summed E-state index contributed by atoms with van der Waals surface area (Å²) in [7, 11) is 0. The SMILES string of the molecule is CCCCCCCCCCCC/C=C/CCCCCCCCCC[N+](CCC(C)C(=O)O)(CCC(C)C(=O)O)CCC(C)C(=O)O. The molecule has 0 aromatic carbocycles. The first-order valence-electron chi connectivity index (χ1n) is 19.2. The van der Waals surface area contributed by atoms with Gasteiger partial charge in [-0.25, -0.2) is 0 Å². The fourth-order valence-electron chi connectivity index (χ4n) is 6.20. The van der Waals surface area contributed by atoms with Crippen LogP contribution in [-0.4, -0.2) is 63.9 Å². The standard InChI is InChI=1S/C39H73NO6/c1-5-6-7-8-9-10-11-12-13-14-15-16-17-18-19-20-21-22-23-24-25-26-30-40(31-27-34(2)37(41)42,32-28-35(3)38(43)44)33-29-36(4)39(45)46/h16-17,34-36H,5-15,18-33H2,1-4H3,(H2-,41,42,43,44,45,46)/p+1/b17-16+. The summed E-state index contributed by atoms with van der Waals surface area (Å²) < 4.78 is 0.611. The molecule has 0 bridgehead atoms. The molecule has 0 aliphatic carbocycles. The van der Waals surface area contributed by atoms with Crippen molar-refractivity contribution in [2.45, 2.75) is 175 Å². The number of carbonyl (C=O) groups is 3. The Bertz CT molecular complexity index is 738. The predicted molar refractivity (Wildman–Crippen MR) is 191 cm³/mol. The normalized spacial score (nSPS) is 15.0. The van der Waals surface area contributed by atoms with E-state index in [1.54, 1.807) is 20.8 Å². The lowest BCUT2D eigenvalue weighted by molar-refractivity contribution is -0.929. The minimum atomic E-state index is -0.823. The van der Waals surface area contributed by atoms with Gasteiger partial charge in [-0.3, -0.25) is 14.4 Å². The molecule has 0 saturated carbocycles. The highest BCUT2D eigenvalue weighted by molar-refractivity contribution is 5.70. The average Bonchev–Trinajstić information content (AvgIpc) is 3.03. The summed E-state index contributed by atoms with van der Waals surface area (Å²) in [5.41, 5.74) is 0. The number of hydrogen-bond acceptors (Lipinski definition) is 3. The zero-order chi connectivity index (χ0) is 34.5. The molecule has 0 aliphatic rings. The number of carboxylic acid groups (broad SMARTS) is 3. The van der Waals surface area contributed by atoms with Crippen LogP contribution in [0.2, 0.25) is 0 Å². The average molecular weight is 653 g/mol. The third-order valence-electron chi connectivity index (χ3n) is 10.0. The largest absolute Gasteiger partial charge is 0.481 e. The monoisotopic (exact) mass is 653 g/mol. The van der Waals surface area contributed by atoms with Gasteiger partial charge < -0.3 is 19.8 Å². The first-order valence-corrected chi connectivity index (χ1v) is 19.2. The minimum absolute atomic E-state index is 0.480. The summed E-state index contributed by atoms with van der Waals surface area (Å²) in [6.07, 6.45) is 32.2. The number of rotatable bonds is 34. The van der Waals surface area contributed by atoms with Crippen molar-refractivity contribution in [2.75, 3.05) is 26.2 Å². The topological polar surface area (TPSA) is 112 Å². The van der Waals surface area contributed by atoms with Crippen LogP contribution in [-0.2, 0) is 14.4 Å². The molecule has 0 amide bonds. The van der Waals surface area contributed by atoms with E-state index in [1.165, 1.54) is 116 Å². The Kier molecular flexibility index (Phi) is 28.1. The van der Waals surface area contributed by atoms with E-state index in [2.05, 4.69) is 19.1 Å². The predicted octanol–water partition coefficient (Wildman–Crippen LogP) is 10.5. The number of allylic oxidation sites excluding steroid dienone is 2. The van der Waals surface area contributed by atoms with Gasteiger partial charge in [-0.05, 0) is 38.5 Å². The molecule has 0 rings (SSSR count). The maximum atomic E-state index is 11.5. The van der Waals surface area contributed by atoms with Gasteiger partial charge >= 0.3 is 17.9 Å². The molecule has 0 radical (unpaired) electrons. The fraction of sp³-hybridized carbons (Fsp3) is 0.872. The lowest BCUT2D eigenvalue weighted by atomic mass is 10.0. The molecule has 0 aromatic rings. The Balaban J connectivity index is 4.31. The van der Waals surface area contributed by atoms with Crippen LogP contribution in [0.3, 0.4) is 0 Å². The molecular formula is C39H74NO6+. The molecule has 3 atom stereocenters. The first-order chi connectivity index (χ1) is 22.0. The second-order valence-electron chi connectivity index (χ2n) is 14.4. The number of aliphatic carboxylic acids is 3. The fourth-order valence-corrected chi connectivity index (χ4v) is 6.20. The van der Waals surface area contributed by atoms with Crippen LogP contribution in [0, 0.1) is 17.8 Å². The van der Waals surface area contributed by atoms with Gasteiger partial charge in [0.05, 0.1) is 43.9 Å². The summed E-state index contributed by atoms with van der Waals surface area (Å²) in [6, 6.07) is 0. The smallest absolute Gasteiger partial charge is 0.306 e. The summed E-state index contributed by atoms with van der Waals surface area (Å²) >= 11 is 0. The van der Waals surface area contributed by atoms with E-state index in [0.717, 1.165) is 19.4 Å². The second kappa shape index (κ2) is 29.3. The Morgan fingerprint density at radius 3 is 1.04 bits per heavy atom. The van der Waals surface area contributed by atoms with Crippen molar-refractivity contribution >= 4 is 17.9 Å². The van der Waals surface area contributed by atoms with E-state index in [9.17, 15) is 29.7 Å². The molecule has 46 heavy (non-hydrogen) atoms. The molecule has 3 unspecified atom stereocenters. The molecule has 0 heterocycles. The van der Waals surface area contributed by atoms with E-state index in [0.29, 0.717) is 43.4 Å². The zero-order valence-corrected chi connectivity index (χ0v) is 30.5. The van der Waals surface area contributed by atoms with Crippen molar-refractivity contribution in [1.82, 2.24) is 0 Å². The van der Waals surface area contributed by atoms with Gasteiger partial charge in [0.25, 0.3) is 0 Å². The van der Waals surface area contributed by atoms with Crippen LogP contribution >= 0.6 is 0 Å². The molecule has 7 heteroatoms. The molecule has 0 aromatic heterocycles. The van der Waals surface area contributed by atoms with E-state index in [1.807, 2.05) is 0 Å². The molecule has 0 spiro atoms. The molecule has 0 aliphatic heterocycles. The summed E-state index contributed by atoms with van der Waals surface area (Å²) in [6.45, 7) is 10.2. The van der Waals surface area contributed by atoms with Crippen LogP contribution in [0.1, 0.15) is 175 Å². The lowest BCUT2D eigenvalue weighted by Gasteiger charge is -2.40. The maximum absolute atomic E-state index is 11.5. The number of carboxylic acids is 3. The summed E-state index contributed by atoms with van der Waals surface area (Å²) in [4.78, 5) is 34.6. The van der Waals surface area contributed by atoms with Gasteiger partial charge in [-0.15, -0.1) is 0 Å². The highest BCUT2D eigenvalue weighted by Gasteiger charge is 2.31. The summed E-state index contributed by atoms with van der Waals surface area (Å²) in [5.74, 6) is -3.91. The van der Waals surface area contributed by atoms with Crippen LogP contribution in [0.5, 0.6) is 0 Å². The summed E-state index contributed by atoms with van der Waals surface area (Å²) in [5, 5.41) is 28.4. The van der Waals surface area contributed by atoms with Crippen molar-refractivity contribution in [3.8, 4) is 0 Å². The second-order valence-corrected chi connectivity index (χ2v) is 14.4. The number of nitrogens with zero attached hydrogens (tertiary/aromatic N) is 1. The molecular weight excluding hydrogens is 578 g/mol. The maximum Gasteiger partial charge on any atom is 0.306 e. The minimum Gasteiger partial charge on any atom is -0.481 e. The number of hydrogen-bond donors (Lipinski definition) is 3. The van der Waals surface area contributed by atoms with Gasteiger partial charge in [-0.2, -0.15) is 0 Å². The molecule has 270 valence electrons. The zero-order valence-electron chi connectivity index (χ0n) is 30.5. The molecule has 0 saturated heterocycles. The third kappa shape index (κ3) is 25.2. The molecule has 0 fully saturated rings. The van der Waals surface area contributed by atoms with Crippen LogP contribution in [0.15, 0.2) is 12.2 Å². The molecule has 7 nitrogen and oxygen atoms in total. The van der Waals surface area contributed by atoms with Gasteiger partial charge in [0.1, 0.15) is 0 Å². The first kappa shape index (κ1) is 44.1. The highest BCUT2D eigenvalue weighted by atomic mass is 16.4. The number of unbranched alkanes of at least 4 members (excludes halogenated alkanes) is 18.